The molecule has 0 bridgehead atoms. The number of hydrogen-bond acceptors (Lipinski definition) is 4. The van der Waals surface area contributed by atoms with Crippen molar-refractivity contribution in [1.29, 1.82) is 0 Å². The number of fused-ring (bicyclic) bond motifs is 2. The van der Waals surface area contributed by atoms with Crippen LogP contribution in [-0.2, 0) is 17.8 Å². The van der Waals surface area contributed by atoms with E-state index >= 15 is 0 Å². The molecule has 6 heteroatoms. The molecule has 0 spiro atoms. The van der Waals surface area contributed by atoms with Crippen LogP contribution in [0.5, 0.6) is 0 Å². The van der Waals surface area contributed by atoms with Gasteiger partial charge in [-0.15, -0.1) is 5.10 Å². The highest BCUT2D eigenvalue weighted by atomic mass is 35.5. The highest BCUT2D eigenvalue weighted by molar-refractivity contribution is 6.30. The first kappa shape index (κ1) is 9.06. The molecule has 5 nitrogen and oxygen atoms in total. The van der Waals surface area contributed by atoms with Crippen LogP contribution in [0.2, 0.25) is 5.15 Å². The lowest BCUT2D eigenvalue weighted by atomic mass is 10.1. The van der Waals surface area contributed by atoms with Crippen LogP contribution in [0.15, 0.2) is 0 Å². The van der Waals surface area contributed by atoms with E-state index in [0.29, 0.717) is 30.0 Å². The van der Waals surface area contributed by atoms with Crippen LogP contribution in [-0.4, -0.2) is 26.2 Å². The topological polar surface area (TPSA) is 52.3 Å². The molecule has 0 saturated carbocycles. The van der Waals surface area contributed by atoms with Gasteiger partial charge in [0.1, 0.15) is 11.0 Å². The fraction of sp³-hybridized carbons (Fsp3) is 0.444. The molecule has 3 heterocycles. The third kappa shape index (κ3) is 1.31. The Bertz CT molecular complexity index is 536. The third-order valence-electron chi connectivity index (χ3n) is 2.44. The van der Waals surface area contributed by atoms with E-state index < -0.39 is 0 Å². The van der Waals surface area contributed by atoms with Crippen molar-refractivity contribution in [3.8, 4) is 0 Å². The monoisotopic (exact) mass is 224 g/mol. The fourth-order valence-electron chi connectivity index (χ4n) is 1.74. The molecule has 0 unspecified atom stereocenters. The van der Waals surface area contributed by atoms with Gasteiger partial charge in [0, 0.05) is 12.0 Å². The summed E-state index contributed by atoms with van der Waals surface area (Å²) in [6.07, 6.45) is 0.789. The van der Waals surface area contributed by atoms with E-state index in [0.717, 1.165) is 17.7 Å². The number of aromatic nitrogens is 4. The van der Waals surface area contributed by atoms with Gasteiger partial charge in [0.05, 0.1) is 18.9 Å². The minimum Gasteiger partial charge on any atom is -0.376 e. The van der Waals surface area contributed by atoms with Crippen molar-refractivity contribution in [2.75, 3.05) is 6.61 Å². The van der Waals surface area contributed by atoms with Crippen molar-refractivity contribution in [1.82, 2.24) is 19.6 Å². The van der Waals surface area contributed by atoms with Gasteiger partial charge >= 0.3 is 0 Å². The summed E-state index contributed by atoms with van der Waals surface area (Å²) in [6.45, 7) is 3.02. The van der Waals surface area contributed by atoms with E-state index in [9.17, 15) is 0 Å². The lowest BCUT2D eigenvalue weighted by molar-refractivity contribution is 0.109. The number of halogens is 1. The van der Waals surface area contributed by atoms with Crippen LogP contribution in [0, 0.1) is 6.92 Å². The second kappa shape index (κ2) is 3.15. The van der Waals surface area contributed by atoms with Gasteiger partial charge in [-0.3, -0.25) is 0 Å². The average Bonchev–Trinajstić information content (AvgIpc) is 2.59. The molecule has 1 aliphatic rings. The van der Waals surface area contributed by atoms with Gasteiger partial charge in [-0.25, -0.2) is 4.98 Å². The Morgan fingerprint density at radius 1 is 1.40 bits per heavy atom. The summed E-state index contributed by atoms with van der Waals surface area (Å²) in [5, 5.41) is 4.74. The summed E-state index contributed by atoms with van der Waals surface area (Å²) in [4.78, 5) is 8.62. The van der Waals surface area contributed by atoms with Crippen LogP contribution in [0.3, 0.4) is 0 Å². The molecule has 0 amide bonds. The zero-order valence-electron chi connectivity index (χ0n) is 8.20. The number of ether oxygens (including phenoxy) is 1. The second-order valence-corrected chi connectivity index (χ2v) is 3.86. The Labute approximate surface area is 91.0 Å². The highest BCUT2D eigenvalue weighted by Gasteiger charge is 2.19. The van der Waals surface area contributed by atoms with E-state index in [4.69, 9.17) is 16.3 Å². The number of rotatable bonds is 0. The highest BCUT2D eigenvalue weighted by Crippen LogP contribution is 2.23. The zero-order valence-corrected chi connectivity index (χ0v) is 8.95. The first-order chi connectivity index (χ1) is 7.25. The molecular weight excluding hydrogens is 216 g/mol. The summed E-state index contributed by atoms with van der Waals surface area (Å²) in [5.74, 6) is 1.24. The Balaban J connectivity index is 2.35. The third-order valence-corrected chi connectivity index (χ3v) is 2.83. The minimum absolute atomic E-state index is 0.510. The maximum atomic E-state index is 6.21. The molecule has 0 fully saturated rings. The van der Waals surface area contributed by atoms with Crippen LogP contribution in [0.1, 0.15) is 17.1 Å². The average molecular weight is 225 g/mol. The van der Waals surface area contributed by atoms with Gasteiger partial charge < -0.3 is 4.74 Å². The van der Waals surface area contributed by atoms with E-state index in [-0.39, 0.29) is 0 Å². The summed E-state index contributed by atoms with van der Waals surface area (Å²) >= 11 is 6.21. The van der Waals surface area contributed by atoms with Crippen molar-refractivity contribution >= 4 is 17.4 Å². The Hall–Kier alpha value is -1.20. The van der Waals surface area contributed by atoms with Gasteiger partial charge in [-0.1, -0.05) is 11.6 Å². The van der Waals surface area contributed by atoms with E-state index in [1.807, 2.05) is 6.92 Å². The van der Waals surface area contributed by atoms with Crippen molar-refractivity contribution in [2.24, 2.45) is 0 Å². The normalized spacial score (nSPS) is 15.6. The fourth-order valence-corrected chi connectivity index (χ4v) is 2.01. The molecule has 0 aliphatic carbocycles. The van der Waals surface area contributed by atoms with Crippen molar-refractivity contribution in [2.45, 2.75) is 20.0 Å². The van der Waals surface area contributed by atoms with Gasteiger partial charge in [0.2, 0.25) is 0 Å². The van der Waals surface area contributed by atoms with Gasteiger partial charge in [0.15, 0.2) is 0 Å². The van der Waals surface area contributed by atoms with Gasteiger partial charge in [0.25, 0.3) is 5.78 Å². The SMILES string of the molecule is Cc1nc2nc3c(c(Cl)n2n1)COCC3. The van der Waals surface area contributed by atoms with E-state index in [2.05, 4.69) is 15.1 Å². The second-order valence-electron chi connectivity index (χ2n) is 3.50. The van der Waals surface area contributed by atoms with Crippen LogP contribution < -0.4 is 0 Å². The van der Waals surface area contributed by atoms with Gasteiger partial charge in [-0.2, -0.15) is 9.50 Å². The van der Waals surface area contributed by atoms with Gasteiger partial charge in [-0.05, 0) is 6.92 Å². The molecule has 1 aliphatic heterocycles. The standard InChI is InChI=1S/C9H9ClN4O/c1-5-11-9-12-7-2-3-15-4-6(7)8(10)14(9)13-5/h2-4H2,1H3. The summed E-state index contributed by atoms with van der Waals surface area (Å²) < 4.78 is 6.91. The maximum Gasteiger partial charge on any atom is 0.254 e. The Morgan fingerprint density at radius 3 is 3.13 bits per heavy atom. The zero-order chi connectivity index (χ0) is 10.4. The number of hydrogen-bond donors (Lipinski definition) is 0. The van der Waals surface area contributed by atoms with E-state index in [1.54, 1.807) is 4.52 Å². The molecular formula is C9H9ClN4O. The molecule has 2 aromatic heterocycles. The Morgan fingerprint density at radius 2 is 2.27 bits per heavy atom. The van der Waals surface area contributed by atoms with Crippen molar-refractivity contribution in [3.05, 3.63) is 22.2 Å². The lowest BCUT2D eigenvalue weighted by Gasteiger charge is -2.16. The number of aryl methyl sites for hydroxylation is 1. The predicted molar refractivity (Wildman–Crippen MR) is 53.9 cm³/mol. The van der Waals surface area contributed by atoms with Crippen molar-refractivity contribution in [3.63, 3.8) is 0 Å². The number of nitrogens with zero attached hydrogens (tertiary/aromatic N) is 4. The molecule has 15 heavy (non-hydrogen) atoms. The minimum atomic E-state index is 0.510. The van der Waals surface area contributed by atoms with Crippen LogP contribution in [0.4, 0.5) is 0 Å². The first-order valence-electron chi connectivity index (χ1n) is 4.74. The quantitative estimate of drug-likeness (QED) is 0.630. The van der Waals surface area contributed by atoms with E-state index in [1.165, 1.54) is 0 Å². The molecule has 0 saturated heterocycles. The summed E-state index contributed by atoms with van der Waals surface area (Å²) in [7, 11) is 0. The predicted octanol–water partition coefficient (Wildman–Crippen LogP) is 1.16. The molecule has 2 aromatic rings. The first-order valence-corrected chi connectivity index (χ1v) is 5.12. The van der Waals surface area contributed by atoms with Crippen LogP contribution >= 0.6 is 11.6 Å². The molecule has 3 rings (SSSR count). The summed E-state index contributed by atoms with van der Waals surface area (Å²) in [5.41, 5.74) is 1.91. The largest absolute Gasteiger partial charge is 0.376 e. The molecule has 0 atom stereocenters. The maximum absolute atomic E-state index is 6.21. The molecule has 0 N–H and O–H groups in total. The van der Waals surface area contributed by atoms with Crippen LogP contribution in [0.25, 0.3) is 5.78 Å². The lowest BCUT2D eigenvalue weighted by Crippen LogP contribution is -2.14. The molecule has 78 valence electrons. The Kier molecular flexibility index (Phi) is 1.90. The van der Waals surface area contributed by atoms with Crippen molar-refractivity contribution < 1.29 is 4.74 Å². The summed E-state index contributed by atoms with van der Waals surface area (Å²) in [6, 6.07) is 0. The molecule has 0 aromatic carbocycles. The molecule has 0 radical (unpaired) electrons. The smallest absolute Gasteiger partial charge is 0.254 e.